The molecular formula is C24H24N6O3. The number of carbonyl (C=O) groups excluding carboxylic acids is 1. The third kappa shape index (κ3) is 4.10. The molecule has 0 fully saturated rings. The van der Waals surface area contributed by atoms with Gasteiger partial charge in [0.2, 0.25) is 5.88 Å². The van der Waals surface area contributed by atoms with Crippen molar-refractivity contribution in [3.63, 3.8) is 0 Å². The first-order valence-corrected chi connectivity index (χ1v) is 10.8. The van der Waals surface area contributed by atoms with Gasteiger partial charge < -0.3 is 14.8 Å². The Morgan fingerprint density at radius 3 is 3.00 bits per heavy atom. The number of rotatable bonds is 2. The summed E-state index contributed by atoms with van der Waals surface area (Å²) in [4.78, 5) is 16.7. The SMILES string of the molecule is CCNC(=O)c1cnc2c(c1)/C=C/c1n[nH]c3ccc(cc13)-c1cnn(C)c1COCCO2. The van der Waals surface area contributed by atoms with Gasteiger partial charge in [0.05, 0.1) is 41.9 Å². The summed E-state index contributed by atoms with van der Waals surface area (Å²) >= 11 is 0. The minimum atomic E-state index is -0.179. The van der Waals surface area contributed by atoms with Gasteiger partial charge in [-0.3, -0.25) is 14.6 Å². The van der Waals surface area contributed by atoms with E-state index in [1.807, 2.05) is 49.1 Å². The molecule has 2 N–H and O–H groups in total. The van der Waals surface area contributed by atoms with Crippen LogP contribution in [-0.4, -0.2) is 50.6 Å². The highest BCUT2D eigenvalue weighted by Crippen LogP contribution is 2.29. The lowest BCUT2D eigenvalue weighted by Gasteiger charge is -2.11. The second kappa shape index (κ2) is 8.87. The molecular weight excluding hydrogens is 420 g/mol. The van der Waals surface area contributed by atoms with E-state index in [4.69, 9.17) is 9.47 Å². The zero-order valence-electron chi connectivity index (χ0n) is 18.5. The second-order valence-electron chi connectivity index (χ2n) is 7.71. The molecule has 1 aromatic carbocycles. The van der Waals surface area contributed by atoms with E-state index in [9.17, 15) is 4.79 Å². The molecule has 1 aliphatic rings. The van der Waals surface area contributed by atoms with Crippen LogP contribution in [0.3, 0.4) is 0 Å². The van der Waals surface area contributed by atoms with Gasteiger partial charge in [-0.2, -0.15) is 10.2 Å². The lowest BCUT2D eigenvalue weighted by molar-refractivity contribution is 0.0838. The van der Waals surface area contributed by atoms with E-state index < -0.39 is 0 Å². The van der Waals surface area contributed by atoms with Gasteiger partial charge in [0.25, 0.3) is 5.91 Å². The molecule has 33 heavy (non-hydrogen) atoms. The Morgan fingerprint density at radius 1 is 1.21 bits per heavy atom. The van der Waals surface area contributed by atoms with Crippen LogP contribution in [0.25, 0.3) is 34.2 Å². The molecule has 9 nitrogen and oxygen atoms in total. The first-order valence-electron chi connectivity index (χ1n) is 10.8. The summed E-state index contributed by atoms with van der Waals surface area (Å²) < 4.78 is 13.6. The van der Waals surface area contributed by atoms with Crippen molar-refractivity contribution in [3.05, 3.63) is 59.2 Å². The van der Waals surface area contributed by atoms with Crippen molar-refractivity contribution in [2.75, 3.05) is 19.8 Å². The Hall–Kier alpha value is -3.98. The number of amides is 1. The zero-order valence-corrected chi connectivity index (χ0v) is 18.5. The minimum Gasteiger partial charge on any atom is -0.475 e. The van der Waals surface area contributed by atoms with Crippen LogP contribution in [0.15, 0.2) is 36.7 Å². The van der Waals surface area contributed by atoms with Crippen LogP contribution in [-0.2, 0) is 18.4 Å². The van der Waals surface area contributed by atoms with Crippen molar-refractivity contribution >= 4 is 29.0 Å². The topological polar surface area (TPSA) is 107 Å². The Labute approximate surface area is 190 Å². The molecule has 0 aliphatic carbocycles. The lowest BCUT2D eigenvalue weighted by Crippen LogP contribution is -2.23. The highest BCUT2D eigenvalue weighted by Gasteiger charge is 2.15. The Kier molecular flexibility index (Phi) is 5.62. The van der Waals surface area contributed by atoms with Crippen molar-refractivity contribution < 1.29 is 14.3 Å². The molecule has 1 amide bonds. The standard InChI is InChI=1S/C24H24N6O3/c1-3-25-23(31)17-10-16-5-7-21-18-11-15(4-6-20(18)28-29-21)19-13-27-30(2)22(19)14-32-8-9-33-24(16)26-12-17/h4-7,10-13H,3,8-9,14H2,1-2H3,(H,25,31)(H,28,29)/b7-5+. The number of nitrogens with one attached hydrogen (secondary N) is 2. The van der Waals surface area contributed by atoms with Gasteiger partial charge in [0, 0.05) is 36.3 Å². The van der Waals surface area contributed by atoms with Crippen LogP contribution < -0.4 is 10.1 Å². The van der Waals surface area contributed by atoms with Gasteiger partial charge in [-0.05, 0) is 42.8 Å². The molecule has 5 rings (SSSR count). The fourth-order valence-corrected chi connectivity index (χ4v) is 3.83. The number of aryl methyl sites for hydroxylation is 1. The van der Waals surface area contributed by atoms with Gasteiger partial charge in [0.15, 0.2) is 0 Å². The second-order valence-corrected chi connectivity index (χ2v) is 7.71. The number of hydrogen-bond donors (Lipinski definition) is 2. The number of fused-ring (bicyclic) bond motifs is 4. The van der Waals surface area contributed by atoms with Gasteiger partial charge in [-0.15, -0.1) is 0 Å². The molecule has 0 saturated carbocycles. The van der Waals surface area contributed by atoms with E-state index in [0.717, 1.165) is 33.4 Å². The fourth-order valence-electron chi connectivity index (χ4n) is 3.83. The van der Waals surface area contributed by atoms with Crippen LogP contribution in [0.5, 0.6) is 5.88 Å². The lowest BCUT2D eigenvalue weighted by atomic mass is 10.0. The summed E-state index contributed by atoms with van der Waals surface area (Å²) in [5, 5.41) is 15.7. The summed E-state index contributed by atoms with van der Waals surface area (Å²) in [6, 6.07) is 7.92. The number of pyridine rings is 1. The number of nitrogens with zero attached hydrogens (tertiary/aromatic N) is 4. The number of H-pyrrole nitrogens is 1. The Morgan fingerprint density at radius 2 is 2.12 bits per heavy atom. The third-order valence-corrected chi connectivity index (χ3v) is 5.57. The largest absolute Gasteiger partial charge is 0.475 e. The van der Waals surface area contributed by atoms with Crippen molar-refractivity contribution in [1.82, 2.24) is 30.3 Å². The number of aromatic amines is 1. The highest BCUT2D eigenvalue weighted by molar-refractivity contribution is 5.96. The quantitative estimate of drug-likeness (QED) is 0.492. The first kappa shape index (κ1) is 20.9. The highest BCUT2D eigenvalue weighted by atomic mass is 16.5. The smallest absolute Gasteiger partial charge is 0.252 e. The average molecular weight is 444 g/mol. The van der Waals surface area contributed by atoms with Gasteiger partial charge in [-0.1, -0.05) is 6.07 Å². The summed E-state index contributed by atoms with van der Waals surface area (Å²) in [6.45, 7) is 3.52. The van der Waals surface area contributed by atoms with Gasteiger partial charge in [-0.25, -0.2) is 4.98 Å². The number of ether oxygens (including phenoxy) is 2. The molecule has 0 spiro atoms. The van der Waals surface area contributed by atoms with Crippen LogP contribution in [0.1, 0.15) is 34.2 Å². The van der Waals surface area contributed by atoms with Crippen molar-refractivity contribution in [3.8, 4) is 17.0 Å². The van der Waals surface area contributed by atoms with Crippen molar-refractivity contribution in [2.45, 2.75) is 13.5 Å². The third-order valence-electron chi connectivity index (χ3n) is 5.57. The number of aromatic nitrogens is 5. The van der Waals surface area contributed by atoms with E-state index in [1.54, 1.807) is 6.07 Å². The molecule has 0 unspecified atom stereocenters. The molecule has 0 radical (unpaired) electrons. The molecule has 0 atom stereocenters. The number of benzene rings is 1. The molecule has 9 heteroatoms. The normalized spacial score (nSPS) is 14.6. The monoisotopic (exact) mass is 444 g/mol. The van der Waals surface area contributed by atoms with E-state index in [1.165, 1.54) is 6.20 Å². The van der Waals surface area contributed by atoms with Gasteiger partial charge >= 0.3 is 0 Å². The van der Waals surface area contributed by atoms with Crippen LogP contribution in [0, 0.1) is 0 Å². The first-order chi connectivity index (χ1) is 16.1. The summed E-state index contributed by atoms with van der Waals surface area (Å²) in [7, 11) is 1.91. The van der Waals surface area contributed by atoms with Gasteiger partial charge in [0.1, 0.15) is 6.61 Å². The number of hydrogen-bond acceptors (Lipinski definition) is 6. The fraction of sp³-hybridized carbons (Fsp3) is 0.250. The molecule has 3 aromatic heterocycles. The predicted molar refractivity (Wildman–Crippen MR) is 125 cm³/mol. The van der Waals surface area contributed by atoms with Crippen LogP contribution >= 0.6 is 0 Å². The Balaban J connectivity index is 1.60. The van der Waals surface area contributed by atoms with Crippen molar-refractivity contribution in [2.24, 2.45) is 7.05 Å². The summed E-state index contributed by atoms with van der Waals surface area (Å²) in [5.74, 6) is 0.251. The maximum atomic E-state index is 12.3. The summed E-state index contributed by atoms with van der Waals surface area (Å²) in [6.07, 6.45) is 7.13. The van der Waals surface area contributed by atoms with E-state index in [2.05, 4.69) is 31.7 Å². The molecule has 4 aromatic rings. The Bertz CT molecular complexity index is 1350. The molecule has 2 bridgehead atoms. The van der Waals surface area contributed by atoms with Crippen molar-refractivity contribution in [1.29, 1.82) is 0 Å². The maximum Gasteiger partial charge on any atom is 0.252 e. The zero-order chi connectivity index (χ0) is 22.8. The molecule has 1 aliphatic heterocycles. The minimum absolute atomic E-state index is 0.179. The maximum absolute atomic E-state index is 12.3. The van der Waals surface area contributed by atoms with E-state index >= 15 is 0 Å². The van der Waals surface area contributed by atoms with Crippen LogP contribution in [0.4, 0.5) is 0 Å². The number of carbonyl (C=O) groups is 1. The predicted octanol–water partition coefficient (Wildman–Crippen LogP) is 3.19. The van der Waals surface area contributed by atoms with Crippen LogP contribution in [0.2, 0.25) is 0 Å². The molecule has 168 valence electrons. The molecule has 0 saturated heterocycles. The molecule has 4 heterocycles. The average Bonchev–Trinajstić information content (AvgIpc) is 3.40. The summed E-state index contributed by atoms with van der Waals surface area (Å²) in [5.41, 5.74) is 5.89. The van der Waals surface area contributed by atoms with E-state index in [0.29, 0.717) is 43.4 Å². The van der Waals surface area contributed by atoms with E-state index in [-0.39, 0.29) is 5.91 Å².